The van der Waals surface area contributed by atoms with Crippen LogP contribution in [0.3, 0.4) is 0 Å². The Morgan fingerprint density at radius 2 is 1.74 bits per heavy atom. The standard InChI is InChI=1S/C23H31NO3/c1-6-17-9-12-19(13-10-17)27-21(8-3)23(25)24-20(7-2)18-11-14-22(26-5)16(4)15-18/h9-15,20-21H,6-8H2,1-5H3,(H,24,25)/t20-,21+/m1/s1. The van der Waals surface area contributed by atoms with E-state index in [2.05, 4.69) is 25.2 Å². The lowest BCUT2D eigenvalue weighted by Gasteiger charge is -2.23. The van der Waals surface area contributed by atoms with Crippen LogP contribution in [-0.2, 0) is 11.2 Å². The number of nitrogens with one attached hydrogen (secondary N) is 1. The number of carbonyl (C=O) groups excluding carboxylic acids is 1. The summed E-state index contributed by atoms with van der Waals surface area (Å²) < 4.78 is 11.3. The third-order valence-electron chi connectivity index (χ3n) is 4.82. The molecule has 0 radical (unpaired) electrons. The molecule has 2 aromatic rings. The second-order valence-electron chi connectivity index (χ2n) is 6.71. The Hall–Kier alpha value is -2.49. The molecule has 0 aliphatic rings. The van der Waals surface area contributed by atoms with Gasteiger partial charge in [-0.3, -0.25) is 4.79 Å². The molecule has 0 fully saturated rings. The highest BCUT2D eigenvalue weighted by atomic mass is 16.5. The van der Waals surface area contributed by atoms with Gasteiger partial charge in [0.1, 0.15) is 11.5 Å². The first-order valence-corrected chi connectivity index (χ1v) is 9.72. The van der Waals surface area contributed by atoms with Crippen molar-refractivity contribution in [2.24, 2.45) is 0 Å². The Balaban J connectivity index is 2.07. The smallest absolute Gasteiger partial charge is 0.261 e. The highest BCUT2D eigenvalue weighted by molar-refractivity contribution is 5.81. The summed E-state index contributed by atoms with van der Waals surface area (Å²) in [6, 6.07) is 13.9. The SMILES string of the molecule is CCc1ccc(O[C@@H](CC)C(=O)N[C@H](CC)c2ccc(OC)c(C)c2)cc1. The van der Waals surface area contributed by atoms with Crippen molar-refractivity contribution in [1.29, 1.82) is 0 Å². The fourth-order valence-electron chi connectivity index (χ4n) is 3.09. The van der Waals surface area contributed by atoms with Crippen molar-refractivity contribution < 1.29 is 14.3 Å². The minimum absolute atomic E-state index is 0.0535. The summed E-state index contributed by atoms with van der Waals surface area (Å²) in [6.45, 7) is 8.15. The fraction of sp³-hybridized carbons (Fsp3) is 0.435. The maximum absolute atomic E-state index is 12.8. The molecule has 27 heavy (non-hydrogen) atoms. The summed E-state index contributed by atoms with van der Waals surface area (Å²) in [5.74, 6) is 1.49. The van der Waals surface area contributed by atoms with E-state index in [1.165, 1.54) is 5.56 Å². The van der Waals surface area contributed by atoms with E-state index in [1.54, 1.807) is 7.11 Å². The first-order valence-electron chi connectivity index (χ1n) is 9.72. The Morgan fingerprint density at radius 1 is 1.04 bits per heavy atom. The van der Waals surface area contributed by atoms with Crippen LogP contribution in [-0.4, -0.2) is 19.1 Å². The average Bonchev–Trinajstić information content (AvgIpc) is 2.70. The number of amides is 1. The van der Waals surface area contributed by atoms with Crippen LogP contribution in [0, 0.1) is 6.92 Å². The summed E-state index contributed by atoms with van der Waals surface area (Å²) >= 11 is 0. The van der Waals surface area contributed by atoms with Crippen LogP contribution in [0.1, 0.15) is 56.3 Å². The number of ether oxygens (including phenoxy) is 2. The molecule has 0 unspecified atom stereocenters. The zero-order valence-electron chi connectivity index (χ0n) is 17.0. The van der Waals surface area contributed by atoms with Crippen molar-refractivity contribution >= 4 is 5.91 Å². The molecule has 0 aliphatic heterocycles. The molecule has 1 amide bonds. The highest BCUT2D eigenvalue weighted by Gasteiger charge is 2.22. The molecular weight excluding hydrogens is 338 g/mol. The first kappa shape index (κ1) is 20.8. The van der Waals surface area contributed by atoms with Crippen molar-refractivity contribution in [2.45, 2.75) is 59.1 Å². The van der Waals surface area contributed by atoms with Gasteiger partial charge in [0, 0.05) is 0 Å². The van der Waals surface area contributed by atoms with Crippen molar-refractivity contribution in [3.05, 3.63) is 59.2 Å². The predicted molar refractivity (Wildman–Crippen MR) is 109 cm³/mol. The number of hydrogen-bond donors (Lipinski definition) is 1. The van der Waals surface area contributed by atoms with Gasteiger partial charge in [-0.05, 0) is 61.1 Å². The summed E-state index contributed by atoms with van der Waals surface area (Å²) in [7, 11) is 1.66. The van der Waals surface area contributed by atoms with Crippen LogP contribution in [0.4, 0.5) is 0 Å². The van der Waals surface area contributed by atoms with E-state index < -0.39 is 6.10 Å². The number of benzene rings is 2. The molecule has 0 aromatic heterocycles. The van der Waals surface area contributed by atoms with E-state index in [9.17, 15) is 4.79 Å². The summed E-state index contributed by atoms with van der Waals surface area (Å²) in [5, 5.41) is 3.14. The van der Waals surface area contributed by atoms with Crippen LogP contribution in [0.25, 0.3) is 0 Å². The third kappa shape index (κ3) is 5.49. The van der Waals surface area contributed by atoms with Crippen molar-refractivity contribution in [3.8, 4) is 11.5 Å². The summed E-state index contributed by atoms with van der Waals surface area (Å²) in [4.78, 5) is 12.8. The largest absolute Gasteiger partial charge is 0.496 e. The first-order chi connectivity index (χ1) is 13.0. The Kier molecular flexibility index (Phi) is 7.71. The zero-order chi connectivity index (χ0) is 19.8. The van der Waals surface area contributed by atoms with Crippen LogP contribution in [0.5, 0.6) is 11.5 Å². The van der Waals surface area contributed by atoms with Gasteiger partial charge in [0.2, 0.25) is 0 Å². The number of rotatable bonds is 9. The molecule has 2 aromatic carbocycles. The highest BCUT2D eigenvalue weighted by Crippen LogP contribution is 2.24. The van der Waals surface area contributed by atoms with Gasteiger partial charge in [-0.25, -0.2) is 0 Å². The van der Waals surface area contributed by atoms with E-state index in [-0.39, 0.29) is 11.9 Å². The van der Waals surface area contributed by atoms with Crippen LogP contribution in [0.15, 0.2) is 42.5 Å². The van der Waals surface area contributed by atoms with Gasteiger partial charge in [0.05, 0.1) is 13.2 Å². The van der Waals surface area contributed by atoms with Gasteiger partial charge < -0.3 is 14.8 Å². The Morgan fingerprint density at radius 3 is 2.26 bits per heavy atom. The molecule has 4 heteroatoms. The molecule has 4 nitrogen and oxygen atoms in total. The number of methoxy groups -OCH3 is 1. The molecular formula is C23H31NO3. The van der Waals surface area contributed by atoms with Gasteiger partial charge in [-0.15, -0.1) is 0 Å². The number of carbonyl (C=O) groups is 1. The van der Waals surface area contributed by atoms with E-state index in [1.807, 2.05) is 50.2 Å². The average molecular weight is 370 g/mol. The van der Waals surface area contributed by atoms with Crippen LogP contribution >= 0.6 is 0 Å². The second-order valence-corrected chi connectivity index (χ2v) is 6.71. The van der Waals surface area contributed by atoms with Crippen LogP contribution < -0.4 is 14.8 Å². The molecule has 0 saturated carbocycles. The molecule has 1 N–H and O–H groups in total. The summed E-state index contributed by atoms with van der Waals surface area (Å²) in [5.41, 5.74) is 3.38. The van der Waals surface area contributed by atoms with Crippen molar-refractivity contribution in [2.75, 3.05) is 7.11 Å². The van der Waals surface area contributed by atoms with Gasteiger partial charge in [-0.1, -0.05) is 45.0 Å². The lowest BCUT2D eigenvalue weighted by Crippen LogP contribution is -2.40. The molecule has 0 bridgehead atoms. The quantitative estimate of drug-likeness (QED) is 0.677. The Labute approximate surface area is 162 Å². The minimum atomic E-state index is -0.508. The fourth-order valence-corrected chi connectivity index (χ4v) is 3.09. The normalized spacial score (nSPS) is 12.9. The topological polar surface area (TPSA) is 47.6 Å². The number of aryl methyl sites for hydroxylation is 2. The van der Waals surface area contributed by atoms with Crippen molar-refractivity contribution in [1.82, 2.24) is 5.32 Å². The number of hydrogen-bond acceptors (Lipinski definition) is 3. The lowest BCUT2D eigenvalue weighted by molar-refractivity contribution is -0.128. The third-order valence-corrected chi connectivity index (χ3v) is 4.82. The van der Waals surface area contributed by atoms with E-state index in [0.717, 1.165) is 35.5 Å². The van der Waals surface area contributed by atoms with Gasteiger partial charge in [0.15, 0.2) is 6.10 Å². The van der Waals surface area contributed by atoms with Gasteiger partial charge in [-0.2, -0.15) is 0 Å². The lowest BCUT2D eigenvalue weighted by atomic mass is 10.0. The molecule has 0 heterocycles. The monoisotopic (exact) mass is 369 g/mol. The molecule has 2 rings (SSSR count). The maximum atomic E-state index is 12.8. The summed E-state index contributed by atoms with van der Waals surface area (Å²) in [6.07, 6.45) is 1.89. The molecule has 0 aliphatic carbocycles. The van der Waals surface area contributed by atoms with Gasteiger partial charge in [0.25, 0.3) is 5.91 Å². The maximum Gasteiger partial charge on any atom is 0.261 e. The van der Waals surface area contributed by atoms with E-state index in [0.29, 0.717) is 6.42 Å². The molecule has 146 valence electrons. The molecule has 2 atom stereocenters. The van der Waals surface area contributed by atoms with Gasteiger partial charge >= 0.3 is 0 Å². The predicted octanol–water partition coefficient (Wildman–Crippen LogP) is 4.99. The Bertz CT molecular complexity index is 740. The zero-order valence-corrected chi connectivity index (χ0v) is 17.0. The second kappa shape index (κ2) is 10.0. The van der Waals surface area contributed by atoms with E-state index in [4.69, 9.17) is 9.47 Å². The molecule has 0 spiro atoms. The molecule has 0 saturated heterocycles. The van der Waals surface area contributed by atoms with E-state index >= 15 is 0 Å². The van der Waals surface area contributed by atoms with Crippen LogP contribution in [0.2, 0.25) is 0 Å². The van der Waals surface area contributed by atoms with Crippen molar-refractivity contribution in [3.63, 3.8) is 0 Å². The minimum Gasteiger partial charge on any atom is -0.496 e.